The van der Waals surface area contributed by atoms with Crippen LogP contribution in [0.1, 0.15) is 22.8 Å². The van der Waals surface area contributed by atoms with Crippen LogP contribution >= 0.6 is 0 Å². The molecule has 0 fully saturated rings. The van der Waals surface area contributed by atoms with E-state index in [0.717, 1.165) is 5.56 Å². The summed E-state index contributed by atoms with van der Waals surface area (Å²) in [5, 5.41) is 5.58. The normalized spacial score (nSPS) is 9.95. The summed E-state index contributed by atoms with van der Waals surface area (Å²) in [5.41, 5.74) is 2.56. The van der Waals surface area contributed by atoms with Gasteiger partial charge in [0.2, 0.25) is 5.91 Å². The number of benzene rings is 2. The van der Waals surface area contributed by atoms with Crippen LogP contribution in [0.25, 0.3) is 0 Å². The summed E-state index contributed by atoms with van der Waals surface area (Å²) in [5.74, 6) is 0.0903. The van der Waals surface area contributed by atoms with Crippen molar-refractivity contribution in [2.45, 2.75) is 13.8 Å². The van der Waals surface area contributed by atoms with Gasteiger partial charge in [-0.1, -0.05) is 18.2 Å². The first kappa shape index (κ1) is 15.6. The van der Waals surface area contributed by atoms with E-state index < -0.39 is 0 Å². The molecule has 2 aromatic rings. The molecule has 0 aromatic heterocycles. The van der Waals surface area contributed by atoms with Gasteiger partial charge in [-0.25, -0.2) is 0 Å². The smallest absolute Gasteiger partial charge is 0.259 e. The molecular weight excluding hydrogens is 280 g/mol. The van der Waals surface area contributed by atoms with Crippen LogP contribution in [0.3, 0.4) is 0 Å². The van der Waals surface area contributed by atoms with Gasteiger partial charge in [0.05, 0.1) is 12.7 Å². The van der Waals surface area contributed by atoms with E-state index in [2.05, 4.69) is 10.6 Å². The average molecular weight is 298 g/mol. The quantitative estimate of drug-likeness (QED) is 0.910. The topological polar surface area (TPSA) is 67.4 Å². The first-order chi connectivity index (χ1) is 10.5. The second-order valence-electron chi connectivity index (χ2n) is 4.81. The summed E-state index contributed by atoms with van der Waals surface area (Å²) < 4.78 is 5.19. The van der Waals surface area contributed by atoms with Crippen molar-refractivity contribution in [1.82, 2.24) is 0 Å². The van der Waals surface area contributed by atoms with Crippen molar-refractivity contribution >= 4 is 23.2 Å². The van der Waals surface area contributed by atoms with Gasteiger partial charge in [0.1, 0.15) is 5.75 Å². The monoisotopic (exact) mass is 298 g/mol. The number of rotatable bonds is 4. The molecule has 0 spiro atoms. The van der Waals surface area contributed by atoms with Gasteiger partial charge in [-0.2, -0.15) is 0 Å². The van der Waals surface area contributed by atoms with Gasteiger partial charge < -0.3 is 15.4 Å². The first-order valence-corrected chi connectivity index (χ1v) is 6.84. The molecule has 5 heteroatoms. The highest BCUT2D eigenvalue weighted by molar-refractivity contribution is 6.07. The van der Waals surface area contributed by atoms with Gasteiger partial charge in [-0.15, -0.1) is 0 Å². The van der Waals surface area contributed by atoms with E-state index in [9.17, 15) is 9.59 Å². The van der Waals surface area contributed by atoms with Crippen LogP contribution in [0.15, 0.2) is 42.5 Å². The summed E-state index contributed by atoms with van der Waals surface area (Å²) in [6.07, 6.45) is 0. The average Bonchev–Trinajstić information content (AvgIpc) is 2.50. The molecule has 0 unspecified atom stereocenters. The van der Waals surface area contributed by atoms with Gasteiger partial charge in [-0.3, -0.25) is 9.59 Å². The maximum absolute atomic E-state index is 12.4. The second-order valence-corrected chi connectivity index (χ2v) is 4.81. The van der Waals surface area contributed by atoms with Crippen molar-refractivity contribution < 1.29 is 14.3 Å². The fourth-order valence-electron chi connectivity index (χ4n) is 2.12. The molecule has 0 aliphatic carbocycles. The second kappa shape index (κ2) is 6.76. The first-order valence-electron chi connectivity index (χ1n) is 6.84. The van der Waals surface area contributed by atoms with E-state index >= 15 is 0 Å². The van der Waals surface area contributed by atoms with E-state index in [4.69, 9.17) is 4.74 Å². The summed E-state index contributed by atoms with van der Waals surface area (Å²) in [6, 6.07) is 12.4. The maximum Gasteiger partial charge on any atom is 0.259 e. The Hall–Kier alpha value is -2.82. The fraction of sp³-hybridized carbons (Fsp3) is 0.176. The minimum atomic E-state index is -0.263. The number of methoxy groups -OCH3 is 1. The van der Waals surface area contributed by atoms with Crippen molar-refractivity contribution in [3.63, 3.8) is 0 Å². The number of ether oxygens (including phenoxy) is 1. The summed E-state index contributed by atoms with van der Waals surface area (Å²) in [6.45, 7) is 3.28. The molecule has 114 valence electrons. The molecule has 0 radical (unpaired) electrons. The molecule has 22 heavy (non-hydrogen) atoms. The molecule has 2 amide bonds. The van der Waals surface area contributed by atoms with Crippen LogP contribution < -0.4 is 15.4 Å². The number of amides is 2. The van der Waals surface area contributed by atoms with Crippen molar-refractivity contribution in [2.24, 2.45) is 0 Å². The molecule has 2 aromatic carbocycles. The number of para-hydroxylation sites is 1. The number of carbonyl (C=O) groups is 2. The zero-order chi connectivity index (χ0) is 16.1. The van der Waals surface area contributed by atoms with Crippen LogP contribution in [0.2, 0.25) is 0 Å². The molecule has 2 N–H and O–H groups in total. The molecule has 0 saturated heterocycles. The van der Waals surface area contributed by atoms with Crippen LogP contribution in [0, 0.1) is 6.92 Å². The number of nitrogens with one attached hydrogen (secondary N) is 2. The van der Waals surface area contributed by atoms with Gasteiger partial charge in [0, 0.05) is 18.3 Å². The van der Waals surface area contributed by atoms with Gasteiger partial charge in [0.15, 0.2) is 0 Å². The number of hydrogen-bond acceptors (Lipinski definition) is 3. The lowest BCUT2D eigenvalue weighted by Gasteiger charge is -2.13. The van der Waals surface area contributed by atoms with E-state index in [0.29, 0.717) is 22.7 Å². The lowest BCUT2D eigenvalue weighted by atomic mass is 10.1. The third kappa shape index (κ3) is 3.44. The predicted molar refractivity (Wildman–Crippen MR) is 86.4 cm³/mol. The van der Waals surface area contributed by atoms with E-state index in [1.807, 2.05) is 6.92 Å². The third-order valence-electron chi connectivity index (χ3n) is 3.24. The Bertz CT molecular complexity index is 711. The minimum absolute atomic E-state index is 0.156. The van der Waals surface area contributed by atoms with Crippen molar-refractivity contribution in [3.8, 4) is 5.75 Å². The van der Waals surface area contributed by atoms with Crippen LogP contribution in [0.4, 0.5) is 11.4 Å². The lowest BCUT2D eigenvalue weighted by molar-refractivity contribution is -0.114. The Labute approximate surface area is 129 Å². The molecule has 0 saturated carbocycles. The summed E-state index contributed by atoms with van der Waals surface area (Å²) in [4.78, 5) is 23.6. The van der Waals surface area contributed by atoms with Gasteiger partial charge in [-0.05, 0) is 36.8 Å². The van der Waals surface area contributed by atoms with E-state index in [1.54, 1.807) is 42.5 Å². The Morgan fingerprint density at radius 2 is 1.59 bits per heavy atom. The molecule has 0 aliphatic heterocycles. The Morgan fingerprint density at radius 1 is 0.955 bits per heavy atom. The third-order valence-corrected chi connectivity index (χ3v) is 3.24. The van der Waals surface area contributed by atoms with E-state index in [-0.39, 0.29) is 11.8 Å². The fourth-order valence-corrected chi connectivity index (χ4v) is 2.12. The van der Waals surface area contributed by atoms with Crippen LogP contribution in [0.5, 0.6) is 5.75 Å². The van der Waals surface area contributed by atoms with Gasteiger partial charge in [0.25, 0.3) is 5.91 Å². The number of carbonyl (C=O) groups excluding carboxylic acids is 2. The van der Waals surface area contributed by atoms with Crippen LogP contribution in [-0.4, -0.2) is 18.9 Å². The van der Waals surface area contributed by atoms with E-state index in [1.165, 1.54) is 14.0 Å². The molecule has 2 rings (SSSR count). The highest BCUT2D eigenvalue weighted by atomic mass is 16.5. The standard InChI is InChI=1S/C17H18N2O3/c1-11-14(18-12(2)20)8-6-9-15(11)19-17(21)13-7-4-5-10-16(13)22-3/h4-10H,1-3H3,(H,18,20)(H,19,21). The Kier molecular flexibility index (Phi) is 4.78. The van der Waals surface area contributed by atoms with Crippen molar-refractivity contribution in [2.75, 3.05) is 17.7 Å². The highest BCUT2D eigenvalue weighted by Gasteiger charge is 2.13. The highest BCUT2D eigenvalue weighted by Crippen LogP contribution is 2.25. The molecule has 0 aliphatic rings. The molecule has 0 heterocycles. The van der Waals surface area contributed by atoms with Crippen molar-refractivity contribution in [1.29, 1.82) is 0 Å². The lowest BCUT2D eigenvalue weighted by Crippen LogP contribution is -2.15. The summed E-state index contributed by atoms with van der Waals surface area (Å²) in [7, 11) is 1.52. The zero-order valence-electron chi connectivity index (χ0n) is 12.8. The molecule has 0 bridgehead atoms. The molecule has 5 nitrogen and oxygen atoms in total. The molecular formula is C17H18N2O3. The number of anilines is 2. The van der Waals surface area contributed by atoms with Crippen LogP contribution in [-0.2, 0) is 4.79 Å². The van der Waals surface area contributed by atoms with Crippen molar-refractivity contribution in [3.05, 3.63) is 53.6 Å². The van der Waals surface area contributed by atoms with Gasteiger partial charge >= 0.3 is 0 Å². The zero-order valence-corrected chi connectivity index (χ0v) is 12.8. The minimum Gasteiger partial charge on any atom is -0.496 e. The maximum atomic E-state index is 12.4. The Morgan fingerprint density at radius 3 is 2.23 bits per heavy atom. The predicted octanol–water partition coefficient (Wildman–Crippen LogP) is 3.21. The molecule has 0 atom stereocenters. The summed E-state index contributed by atoms with van der Waals surface area (Å²) >= 11 is 0. The number of hydrogen-bond donors (Lipinski definition) is 2. The SMILES string of the molecule is COc1ccccc1C(=O)Nc1cccc(NC(C)=O)c1C. The Balaban J connectivity index is 2.27. The largest absolute Gasteiger partial charge is 0.496 e.